The van der Waals surface area contributed by atoms with E-state index in [1.54, 1.807) is 19.2 Å². The Morgan fingerprint density at radius 2 is 1.96 bits per heavy atom. The summed E-state index contributed by atoms with van der Waals surface area (Å²) in [5.41, 5.74) is -0.868. The number of aromatic nitrogens is 1. The third-order valence-electron chi connectivity index (χ3n) is 3.15. The van der Waals surface area contributed by atoms with Crippen molar-refractivity contribution in [2.75, 3.05) is 26.7 Å². The largest absolute Gasteiger partial charge is 0.459 e. The summed E-state index contributed by atoms with van der Waals surface area (Å²) in [5, 5.41) is 10.0. The maximum absolute atomic E-state index is 12.5. The number of nitrogens with zero attached hydrogens (tertiary/aromatic N) is 2. The number of thiazole rings is 1. The Morgan fingerprint density at radius 3 is 2.56 bits per heavy atom. The Labute approximate surface area is 174 Å². The number of hydrogen-bond donors (Lipinski definition) is 3. The first-order chi connectivity index (χ1) is 12.4. The zero-order valence-corrected chi connectivity index (χ0v) is 17.4. The zero-order valence-electron chi connectivity index (χ0n) is 14.3. The summed E-state index contributed by atoms with van der Waals surface area (Å²) < 4.78 is 42.4. The van der Waals surface area contributed by atoms with E-state index in [1.165, 1.54) is 6.26 Å². The highest BCUT2D eigenvalue weighted by Gasteiger charge is 2.33. The third kappa shape index (κ3) is 7.74. The van der Waals surface area contributed by atoms with Gasteiger partial charge in [0.05, 0.1) is 11.3 Å². The summed E-state index contributed by atoms with van der Waals surface area (Å²) in [5.74, 6) is 0.392. The van der Waals surface area contributed by atoms with Gasteiger partial charge in [0.2, 0.25) is 0 Å². The van der Waals surface area contributed by atoms with E-state index < -0.39 is 11.9 Å². The second kappa shape index (κ2) is 11.1. The summed E-state index contributed by atoms with van der Waals surface area (Å²) >= 11 is 0.971. The molecular formula is C15H19F3IN5O2S. The first-order valence-electron chi connectivity index (χ1n) is 7.68. The van der Waals surface area contributed by atoms with Gasteiger partial charge in [-0.15, -0.1) is 35.3 Å². The number of guanidine groups is 1. The lowest BCUT2D eigenvalue weighted by atomic mass is 10.4. The molecule has 0 unspecified atom stereocenters. The van der Waals surface area contributed by atoms with E-state index in [0.717, 1.165) is 16.7 Å². The van der Waals surface area contributed by atoms with Crippen LogP contribution in [-0.4, -0.2) is 43.5 Å². The molecule has 0 aliphatic rings. The van der Waals surface area contributed by atoms with Crippen LogP contribution >= 0.6 is 35.3 Å². The molecule has 2 heterocycles. The van der Waals surface area contributed by atoms with E-state index in [4.69, 9.17) is 4.42 Å². The molecule has 12 heteroatoms. The smallest absolute Gasteiger partial charge is 0.434 e. The molecule has 0 bridgehead atoms. The molecule has 27 heavy (non-hydrogen) atoms. The van der Waals surface area contributed by atoms with Crippen LogP contribution in [0.3, 0.4) is 0 Å². The van der Waals surface area contributed by atoms with Crippen molar-refractivity contribution in [1.29, 1.82) is 0 Å². The van der Waals surface area contributed by atoms with Gasteiger partial charge >= 0.3 is 6.18 Å². The van der Waals surface area contributed by atoms with Gasteiger partial charge in [-0.2, -0.15) is 13.2 Å². The maximum Gasteiger partial charge on any atom is 0.434 e. The van der Waals surface area contributed by atoms with Gasteiger partial charge in [-0.25, -0.2) is 4.98 Å². The van der Waals surface area contributed by atoms with Crippen molar-refractivity contribution in [3.8, 4) is 0 Å². The number of aliphatic imine (C=N–C) groups is 1. The normalized spacial score (nSPS) is 11.6. The van der Waals surface area contributed by atoms with E-state index in [1.807, 2.05) is 0 Å². The van der Waals surface area contributed by atoms with Crippen molar-refractivity contribution < 1.29 is 22.4 Å². The Bertz CT molecular complexity index is 734. The molecule has 0 atom stereocenters. The monoisotopic (exact) mass is 517 g/mol. The summed E-state index contributed by atoms with van der Waals surface area (Å²) in [6, 6.07) is 3.19. The third-order valence-corrected chi connectivity index (χ3v) is 4.05. The van der Waals surface area contributed by atoms with Crippen LogP contribution in [0.15, 0.2) is 33.2 Å². The van der Waals surface area contributed by atoms with Gasteiger partial charge < -0.3 is 20.4 Å². The lowest BCUT2D eigenvalue weighted by Crippen LogP contribution is -2.42. The van der Waals surface area contributed by atoms with E-state index >= 15 is 0 Å². The highest BCUT2D eigenvalue weighted by molar-refractivity contribution is 14.0. The number of carbonyl (C=O) groups excluding carboxylic acids is 1. The van der Waals surface area contributed by atoms with Gasteiger partial charge in [-0.05, 0) is 12.1 Å². The molecule has 7 nitrogen and oxygen atoms in total. The van der Waals surface area contributed by atoms with Crippen LogP contribution in [0.2, 0.25) is 0 Å². The van der Waals surface area contributed by atoms with Gasteiger partial charge in [0.15, 0.2) is 17.4 Å². The fraction of sp³-hybridized carbons (Fsp3) is 0.400. The SMILES string of the molecule is CN=C(NCCNC(=O)c1ccco1)NCCc1nc(C(F)(F)F)cs1.I. The molecule has 0 aromatic carbocycles. The molecule has 2 aromatic heterocycles. The fourth-order valence-electron chi connectivity index (χ4n) is 1.92. The van der Waals surface area contributed by atoms with E-state index in [-0.39, 0.29) is 35.6 Å². The Hall–Kier alpha value is -1.83. The van der Waals surface area contributed by atoms with Crippen molar-refractivity contribution in [2.45, 2.75) is 12.6 Å². The summed E-state index contributed by atoms with van der Waals surface area (Å²) in [4.78, 5) is 19.2. The molecule has 0 saturated carbocycles. The highest BCUT2D eigenvalue weighted by atomic mass is 127. The van der Waals surface area contributed by atoms with E-state index in [9.17, 15) is 18.0 Å². The molecule has 1 amide bonds. The first-order valence-corrected chi connectivity index (χ1v) is 8.56. The maximum atomic E-state index is 12.5. The lowest BCUT2D eigenvalue weighted by molar-refractivity contribution is -0.140. The van der Waals surface area contributed by atoms with Crippen molar-refractivity contribution in [1.82, 2.24) is 20.9 Å². The Morgan fingerprint density at radius 1 is 1.26 bits per heavy atom. The molecule has 2 rings (SSSR count). The van der Waals surface area contributed by atoms with Crippen LogP contribution in [-0.2, 0) is 12.6 Å². The minimum atomic E-state index is -4.42. The summed E-state index contributed by atoms with van der Waals surface area (Å²) in [6.07, 6.45) is -2.66. The average molecular weight is 517 g/mol. The van der Waals surface area contributed by atoms with Crippen LogP contribution in [0.5, 0.6) is 0 Å². The molecule has 0 saturated heterocycles. The van der Waals surface area contributed by atoms with Gasteiger partial charge in [0, 0.05) is 38.5 Å². The number of nitrogens with one attached hydrogen (secondary N) is 3. The molecule has 0 aliphatic carbocycles. The lowest BCUT2D eigenvalue weighted by Gasteiger charge is -2.11. The van der Waals surface area contributed by atoms with Crippen molar-refractivity contribution in [3.05, 3.63) is 40.2 Å². The molecule has 150 valence electrons. The number of furan rings is 1. The predicted octanol–water partition coefficient (Wildman–Crippen LogP) is 2.51. The van der Waals surface area contributed by atoms with E-state index in [2.05, 4.69) is 25.9 Å². The quantitative estimate of drug-likeness (QED) is 0.227. The molecule has 3 N–H and O–H groups in total. The van der Waals surface area contributed by atoms with Crippen molar-refractivity contribution >= 4 is 47.2 Å². The van der Waals surface area contributed by atoms with Gasteiger partial charge in [-0.1, -0.05) is 0 Å². The second-order valence-electron chi connectivity index (χ2n) is 5.03. The number of rotatable bonds is 7. The van der Waals surface area contributed by atoms with E-state index in [0.29, 0.717) is 37.0 Å². The number of amides is 1. The number of alkyl halides is 3. The molecule has 0 aliphatic heterocycles. The molecule has 2 aromatic rings. The highest BCUT2D eigenvalue weighted by Crippen LogP contribution is 2.29. The molecule has 0 spiro atoms. The predicted molar refractivity (Wildman–Crippen MR) is 107 cm³/mol. The van der Waals surface area contributed by atoms with Crippen LogP contribution in [0, 0.1) is 0 Å². The Kier molecular flexibility index (Phi) is 9.55. The minimum absolute atomic E-state index is 0. The summed E-state index contributed by atoms with van der Waals surface area (Å²) in [6.45, 7) is 1.15. The molecular weight excluding hydrogens is 498 g/mol. The van der Waals surface area contributed by atoms with Crippen LogP contribution in [0.4, 0.5) is 13.2 Å². The Balaban J connectivity index is 0.00000364. The molecule has 0 radical (unpaired) electrons. The number of hydrogen-bond acceptors (Lipinski definition) is 5. The van der Waals surface area contributed by atoms with Gasteiger partial charge in [-0.3, -0.25) is 9.79 Å². The number of halogens is 4. The van der Waals surface area contributed by atoms with Crippen molar-refractivity contribution in [2.24, 2.45) is 4.99 Å². The van der Waals surface area contributed by atoms with Crippen LogP contribution in [0.25, 0.3) is 0 Å². The topological polar surface area (TPSA) is 91.5 Å². The van der Waals surface area contributed by atoms with Crippen molar-refractivity contribution in [3.63, 3.8) is 0 Å². The van der Waals surface area contributed by atoms with Gasteiger partial charge in [0.1, 0.15) is 0 Å². The van der Waals surface area contributed by atoms with Crippen LogP contribution < -0.4 is 16.0 Å². The first kappa shape index (κ1) is 23.2. The standard InChI is InChI=1S/C15H18F3N5O2S.HI/c1-19-14(22-7-6-20-13(24)10-3-2-8-25-10)21-5-4-12-23-11(9-26-12)15(16,17)18;/h2-3,8-9H,4-7H2,1H3,(H,20,24)(H2,19,21,22);1H. The zero-order chi connectivity index (χ0) is 19.0. The molecule has 0 fully saturated rings. The summed E-state index contributed by atoms with van der Waals surface area (Å²) in [7, 11) is 1.57. The second-order valence-corrected chi connectivity index (χ2v) is 5.98. The fourth-order valence-corrected chi connectivity index (χ4v) is 2.72. The minimum Gasteiger partial charge on any atom is -0.459 e. The van der Waals surface area contributed by atoms with Gasteiger partial charge in [0.25, 0.3) is 5.91 Å². The number of carbonyl (C=O) groups is 1. The van der Waals surface area contributed by atoms with Crippen LogP contribution in [0.1, 0.15) is 21.3 Å². The average Bonchev–Trinajstić information content (AvgIpc) is 3.27.